The standard InChI is InChI=1S/C2H4OS/c3-1-2-4/h1,4H,2H2. The number of hydrogen-bond acceptors (Lipinski definition) is 2. The Hall–Kier alpha value is 0.0200. The van der Waals surface area contributed by atoms with E-state index in [2.05, 4.69) is 12.6 Å². The molecule has 0 aliphatic rings. The van der Waals surface area contributed by atoms with Crippen LogP contribution in [-0.4, -0.2) is 12.0 Å². The summed E-state index contributed by atoms with van der Waals surface area (Å²) in [4.78, 5) is 9.10. The van der Waals surface area contributed by atoms with E-state index < -0.39 is 0 Å². The molecule has 0 atom stereocenters. The van der Waals surface area contributed by atoms with Gasteiger partial charge in [-0.25, -0.2) is 0 Å². The van der Waals surface area contributed by atoms with Gasteiger partial charge in [0.15, 0.2) is 0 Å². The summed E-state index contributed by atoms with van der Waals surface area (Å²) in [7, 11) is 0. The highest BCUT2D eigenvalue weighted by Gasteiger charge is 1.53. The SMILES string of the molecule is O=CCS. The van der Waals surface area contributed by atoms with Crippen molar-refractivity contribution in [1.29, 1.82) is 0 Å². The monoisotopic (exact) mass is 76.0 g/mol. The number of aldehydes is 1. The minimum Gasteiger partial charge on any atom is -0.302 e. The van der Waals surface area contributed by atoms with Gasteiger partial charge in [-0.3, -0.25) is 0 Å². The number of thiol groups is 1. The Morgan fingerprint density at radius 1 is 2.00 bits per heavy atom. The molecule has 0 aliphatic heterocycles. The molecule has 0 spiro atoms. The Balaban J connectivity index is 2.30. The van der Waals surface area contributed by atoms with Gasteiger partial charge in [0.2, 0.25) is 0 Å². The average molecular weight is 76.1 g/mol. The molecule has 0 amide bonds. The van der Waals surface area contributed by atoms with Crippen LogP contribution >= 0.6 is 12.6 Å². The number of carbonyl (C=O) groups is 1. The number of hydrogen-bond donors (Lipinski definition) is 1. The Morgan fingerprint density at radius 3 is 2.25 bits per heavy atom. The topological polar surface area (TPSA) is 17.1 Å². The third-order valence-corrected chi connectivity index (χ3v) is 0.224. The molecule has 0 saturated carbocycles. The van der Waals surface area contributed by atoms with Gasteiger partial charge in [0.25, 0.3) is 0 Å². The Morgan fingerprint density at radius 2 is 2.25 bits per heavy atom. The van der Waals surface area contributed by atoms with E-state index in [1.807, 2.05) is 0 Å². The number of carbonyl (C=O) groups excluding carboxylic acids is 1. The molecule has 0 bridgehead atoms. The van der Waals surface area contributed by atoms with Gasteiger partial charge in [-0.15, -0.1) is 0 Å². The highest BCUT2D eigenvalue weighted by atomic mass is 32.1. The van der Waals surface area contributed by atoms with Gasteiger partial charge in [-0.05, 0) is 0 Å². The first-order chi connectivity index (χ1) is 1.91. The lowest BCUT2D eigenvalue weighted by Crippen LogP contribution is -1.63. The zero-order valence-electron chi connectivity index (χ0n) is 2.14. The molecular formula is C2H4OS. The van der Waals surface area contributed by atoms with E-state index >= 15 is 0 Å². The quantitative estimate of drug-likeness (QED) is 0.346. The second-order valence-electron chi connectivity index (χ2n) is 0.349. The second kappa shape index (κ2) is 3.02. The minimum atomic E-state index is 0.333. The van der Waals surface area contributed by atoms with Gasteiger partial charge in [-0.1, -0.05) is 0 Å². The van der Waals surface area contributed by atoms with Crippen LogP contribution in [0.3, 0.4) is 0 Å². The molecule has 24 valence electrons. The van der Waals surface area contributed by atoms with Gasteiger partial charge in [-0.2, -0.15) is 12.6 Å². The maximum absolute atomic E-state index is 9.10. The van der Waals surface area contributed by atoms with Crippen molar-refractivity contribution in [2.45, 2.75) is 0 Å². The van der Waals surface area contributed by atoms with Crippen molar-refractivity contribution < 1.29 is 4.79 Å². The van der Waals surface area contributed by atoms with E-state index in [-0.39, 0.29) is 0 Å². The lowest BCUT2D eigenvalue weighted by molar-refractivity contribution is -0.105. The van der Waals surface area contributed by atoms with Crippen LogP contribution in [0.4, 0.5) is 0 Å². The predicted octanol–water partition coefficient (Wildman–Crippen LogP) is 0.115. The summed E-state index contributed by atoms with van der Waals surface area (Å²) < 4.78 is 0. The summed E-state index contributed by atoms with van der Waals surface area (Å²) in [6.45, 7) is 0. The van der Waals surface area contributed by atoms with E-state index in [9.17, 15) is 0 Å². The van der Waals surface area contributed by atoms with Crippen molar-refractivity contribution in [2.24, 2.45) is 0 Å². The molecule has 0 heterocycles. The summed E-state index contributed by atoms with van der Waals surface area (Å²) in [5.74, 6) is 0.333. The molecule has 0 unspecified atom stereocenters. The van der Waals surface area contributed by atoms with Gasteiger partial charge < -0.3 is 4.79 Å². The van der Waals surface area contributed by atoms with E-state index in [0.29, 0.717) is 5.75 Å². The zero-order chi connectivity index (χ0) is 3.41. The first-order valence-corrected chi connectivity index (χ1v) is 1.59. The van der Waals surface area contributed by atoms with Crippen molar-refractivity contribution >= 4 is 18.9 Å². The average Bonchev–Trinajstić information content (AvgIpc) is 1.37. The second-order valence-corrected chi connectivity index (χ2v) is 0.714. The van der Waals surface area contributed by atoms with Gasteiger partial charge >= 0.3 is 0 Å². The van der Waals surface area contributed by atoms with Crippen molar-refractivity contribution in [3.8, 4) is 0 Å². The third kappa shape index (κ3) is 2.02. The third-order valence-electron chi connectivity index (χ3n) is 0.0745. The summed E-state index contributed by atoms with van der Waals surface area (Å²) in [6, 6.07) is 0. The normalized spacial score (nSPS) is 6.25. The molecule has 0 radical (unpaired) electrons. The molecule has 0 aromatic heterocycles. The van der Waals surface area contributed by atoms with Crippen LogP contribution in [0.15, 0.2) is 0 Å². The molecule has 0 fully saturated rings. The first kappa shape index (κ1) is 4.02. The van der Waals surface area contributed by atoms with Crippen molar-refractivity contribution in [2.75, 3.05) is 5.75 Å². The van der Waals surface area contributed by atoms with Crippen molar-refractivity contribution in [3.63, 3.8) is 0 Å². The summed E-state index contributed by atoms with van der Waals surface area (Å²) in [5, 5.41) is 0. The van der Waals surface area contributed by atoms with E-state index in [0.717, 1.165) is 6.29 Å². The summed E-state index contributed by atoms with van der Waals surface area (Å²) in [5.41, 5.74) is 0. The highest BCUT2D eigenvalue weighted by molar-refractivity contribution is 7.80. The molecule has 1 nitrogen and oxygen atoms in total. The molecule has 0 rings (SSSR count). The van der Waals surface area contributed by atoms with E-state index in [1.54, 1.807) is 0 Å². The lowest BCUT2D eigenvalue weighted by atomic mass is 10.9. The van der Waals surface area contributed by atoms with Crippen LogP contribution in [0.1, 0.15) is 0 Å². The van der Waals surface area contributed by atoms with Crippen molar-refractivity contribution in [3.05, 3.63) is 0 Å². The summed E-state index contributed by atoms with van der Waals surface area (Å²) in [6.07, 6.45) is 0.739. The van der Waals surface area contributed by atoms with Crippen LogP contribution < -0.4 is 0 Å². The van der Waals surface area contributed by atoms with Crippen LogP contribution in [0, 0.1) is 0 Å². The Kier molecular flexibility index (Phi) is 3.04. The zero-order valence-corrected chi connectivity index (χ0v) is 3.03. The van der Waals surface area contributed by atoms with Gasteiger partial charge in [0.1, 0.15) is 6.29 Å². The van der Waals surface area contributed by atoms with Crippen LogP contribution in [0.2, 0.25) is 0 Å². The van der Waals surface area contributed by atoms with Crippen LogP contribution in [0.25, 0.3) is 0 Å². The molecule has 0 aromatic carbocycles. The van der Waals surface area contributed by atoms with Crippen LogP contribution in [-0.2, 0) is 4.79 Å². The molecule has 0 aliphatic carbocycles. The highest BCUT2D eigenvalue weighted by Crippen LogP contribution is 1.55. The van der Waals surface area contributed by atoms with Gasteiger partial charge in [0.05, 0.1) is 0 Å². The Labute approximate surface area is 30.4 Å². The molecule has 0 N–H and O–H groups in total. The molecule has 0 saturated heterocycles. The fourth-order valence-electron chi connectivity index (χ4n) is 0. The first-order valence-electron chi connectivity index (χ1n) is 0.960. The molecule has 4 heavy (non-hydrogen) atoms. The Bertz CT molecular complexity index is 20.0. The van der Waals surface area contributed by atoms with Gasteiger partial charge in [0, 0.05) is 5.75 Å². The predicted molar refractivity (Wildman–Crippen MR) is 19.9 cm³/mol. The fourth-order valence-corrected chi connectivity index (χ4v) is 0. The largest absolute Gasteiger partial charge is 0.302 e. The van der Waals surface area contributed by atoms with E-state index in [1.165, 1.54) is 0 Å². The molecule has 0 aromatic rings. The van der Waals surface area contributed by atoms with Crippen LogP contribution in [0.5, 0.6) is 0 Å². The lowest BCUT2D eigenvalue weighted by Gasteiger charge is -1.51. The summed E-state index contributed by atoms with van der Waals surface area (Å²) >= 11 is 3.55. The molecular weight excluding hydrogens is 72.1 g/mol. The number of rotatable bonds is 1. The smallest absolute Gasteiger partial charge is 0.129 e. The fraction of sp³-hybridized carbons (Fsp3) is 0.500. The van der Waals surface area contributed by atoms with E-state index in [4.69, 9.17) is 4.79 Å². The maximum atomic E-state index is 9.10. The van der Waals surface area contributed by atoms with Crippen molar-refractivity contribution in [1.82, 2.24) is 0 Å². The maximum Gasteiger partial charge on any atom is 0.129 e. The molecule has 2 heteroatoms. The minimum absolute atomic E-state index is 0.333.